The third-order valence-corrected chi connectivity index (χ3v) is 1.19. The summed E-state index contributed by atoms with van der Waals surface area (Å²) in [6.45, 7) is 0. The quantitative estimate of drug-likeness (QED) is 0.495. The molecule has 9 heavy (non-hydrogen) atoms. The lowest BCUT2D eigenvalue weighted by atomic mass is 10.1. The molecule has 0 unspecified atom stereocenters. The van der Waals surface area contributed by atoms with E-state index in [9.17, 15) is 0 Å². The van der Waals surface area contributed by atoms with Gasteiger partial charge >= 0.3 is 0 Å². The van der Waals surface area contributed by atoms with Crippen molar-refractivity contribution < 1.29 is 8.22 Å². The van der Waals surface area contributed by atoms with Crippen LogP contribution >= 0.6 is 0 Å². The van der Waals surface area contributed by atoms with Crippen LogP contribution in [0.25, 0.3) is 6.08 Å². The third kappa shape index (κ3) is 0.672. The second-order valence-corrected chi connectivity index (χ2v) is 1.77. The summed E-state index contributed by atoms with van der Waals surface area (Å²) in [6.07, 6.45) is 0.867. The van der Waals surface area contributed by atoms with Crippen LogP contribution < -0.4 is 0 Å². The number of hydrogen-bond donors (Lipinski definition) is 0. The average Bonchev–Trinajstić information content (AvgIpc) is 2.48. The van der Waals surface area contributed by atoms with Crippen molar-refractivity contribution in [2.24, 2.45) is 0 Å². The molecule has 0 aromatic heterocycles. The maximum atomic E-state index is 7.60. The molecule has 0 bridgehead atoms. The lowest BCUT2D eigenvalue weighted by Gasteiger charge is -1.93. The Morgan fingerprint density at radius 1 is 1.44 bits per heavy atom. The van der Waals surface area contributed by atoms with E-state index in [0.29, 0.717) is 0 Å². The molecule has 1 aliphatic carbocycles. The first-order valence-electron chi connectivity index (χ1n) is 5.66. The Hall–Kier alpha value is -1.04. The van der Waals surface area contributed by atoms with Gasteiger partial charge in [-0.3, -0.25) is 0 Å². The number of fused-ring (bicyclic) bond motifs is 1. The Morgan fingerprint density at radius 2 is 2.33 bits per heavy atom. The smallest absolute Gasteiger partial charge is 0.0629 e. The Bertz CT molecular complexity index is 474. The van der Waals surface area contributed by atoms with Gasteiger partial charge < -0.3 is 0 Å². The molecule has 0 saturated heterocycles. The largest absolute Gasteiger partial charge is 0.0795 e. The minimum atomic E-state index is -1.80. The topological polar surface area (TPSA) is 0 Å². The molecule has 0 nitrogen and oxygen atoms in total. The number of benzene rings is 1. The molecule has 0 fully saturated rings. The molecular weight excluding hydrogens is 108 g/mol. The predicted octanol–water partition coefficient (Wildman–Crippen LogP) is 2.26. The van der Waals surface area contributed by atoms with Crippen LogP contribution in [-0.4, -0.2) is 0 Å². The van der Waals surface area contributed by atoms with Crippen LogP contribution in [0.15, 0.2) is 30.2 Å². The van der Waals surface area contributed by atoms with Crippen molar-refractivity contribution >= 4 is 6.08 Å². The summed E-state index contributed by atoms with van der Waals surface area (Å²) in [7, 11) is 0. The summed E-state index contributed by atoms with van der Waals surface area (Å²) in [6, 6.07) is -1.17. The zero-order valence-electron chi connectivity index (χ0n) is 10.7. The van der Waals surface area contributed by atoms with Gasteiger partial charge in [-0.1, -0.05) is 36.3 Å². The van der Waals surface area contributed by atoms with E-state index in [1.54, 1.807) is 0 Å². The molecule has 44 valence electrons. The second-order valence-electron chi connectivity index (χ2n) is 1.77. The van der Waals surface area contributed by atoms with Gasteiger partial charge in [0.2, 0.25) is 0 Å². The van der Waals surface area contributed by atoms with Crippen LogP contribution in [-0.2, 0) is 6.37 Å². The van der Waals surface area contributed by atoms with E-state index in [0.717, 1.165) is 0 Å². The van der Waals surface area contributed by atoms with Crippen LogP contribution in [0.4, 0.5) is 0 Å². The molecule has 0 spiro atoms. The molecule has 0 aliphatic heterocycles. The molecule has 0 N–H and O–H groups in total. The fourth-order valence-corrected chi connectivity index (χ4v) is 0.769. The molecule has 1 aromatic rings. The summed E-state index contributed by atoms with van der Waals surface area (Å²) >= 11 is 0. The molecule has 1 aliphatic rings. The first kappa shape index (κ1) is 1.72. The van der Waals surface area contributed by atoms with Gasteiger partial charge in [0.05, 0.1) is 5.48 Å². The Kier molecular flexibility index (Phi) is 0.331. The first-order chi connectivity index (χ1) is 6.86. The maximum absolute atomic E-state index is 7.60. The van der Waals surface area contributed by atoms with Crippen molar-refractivity contribution in [3.8, 4) is 0 Å². The fraction of sp³-hybridized carbons (Fsp3) is 0.111. The Morgan fingerprint density at radius 3 is 3.33 bits per heavy atom. The van der Waals surface area contributed by atoms with Crippen molar-refractivity contribution in [2.45, 2.75) is 6.37 Å². The minimum absolute atomic E-state index is 0.0356. The van der Waals surface area contributed by atoms with E-state index in [1.807, 2.05) is 0 Å². The molecule has 0 amide bonds. The van der Waals surface area contributed by atoms with Crippen LogP contribution in [0, 0.1) is 0 Å². The first-order valence-corrected chi connectivity index (χ1v) is 2.66. The van der Waals surface area contributed by atoms with Crippen molar-refractivity contribution in [1.29, 1.82) is 0 Å². The molecule has 0 heteroatoms. The average molecular weight is 122 g/mol. The van der Waals surface area contributed by atoms with Crippen LogP contribution in [0.3, 0.4) is 0 Å². The highest BCUT2D eigenvalue weighted by atomic mass is 14.0. The van der Waals surface area contributed by atoms with Gasteiger partial charge in [-0.05, 0) is 17.5 Å². The van der Waals surface area contributed by atoms with E-state index in [1.165, 1.54) is 12.2 Å². The summed E-state index contributed by atoms with van der Waals surface area (Å²) in [5.74, 6) is 0. The van der Waals surface area contributed by atoms with E-state index in [-0.39, 0.29) is 35.3 Å². The van der Waals surface area contributed by atoms with Crippen LogP contribution in [0.5, 0.6) is 0 Å². The summed E-state index contributed by atoms with van der Waals surface area (Å²) < 4.78 is 45.3. The zero-order chi connectivity index (χ0) is 11.4. The van der Waals surface area contributed by atoms with E-state index >= 15 is 0 Å². The third-order valence-electron chi connectivity index (χ3n) is 1.19. The summed E-state index contributed by atoms with van der Waals surface area (Å²) in [5.41, 5.74) is 0.291. The van der Waals surface area contributed by atoms with Gasteiger partial charge in [0, 0.05) is 2.74 Å². The fourth-order valence-electron chi connectivity index (χ4n) is 0.769. The highest BCUT2D eigenvalue weighted by Crippen LogP contribution is 2.17. The lowest BCUT2D eigenvalue weighted by molar-refractivity contribution is 1.31. The van der Waals surface area contributed by atoms with Gasteiger partial charge in [-0.25, -0.2) is 0 Å². The molecule has 2 rings (SSSR count). The number of hydrogen-bond acceptors (Lipinski definition) is 0. The molecule has 0 radical (unpaired) electrons. The number of allylic oxidation sites excluding steroid dienone is 1. The lowest BCUT2D eigenvalue weighted by Crippen LogP contribution is -1.76. The van der Waals surface area contributed by atoms with Gasteiger partial charge in [0.1, 0.15) is 0 Å². The molecule has 0 saturated carbocycles. The highest BCUT2D eigenvalue weighted by Gasteiger charge is 2.00. The van der Waals surface area contributed by atoms with Gasteiger partial charge in [-0.15, -0.1) is 0 Å². The highest BCUT2D eigenvalue weighted by molar-refractivity contribution is 5.59. The summed E-state index contributed by atoms with van der Waals surface area (Å²) in [4.78, 5) is 0. The molecular formula is C9H8. The van der Waals surface area contributed by atoms with Crippen LogP contribution in [0.1, 0.15) is 19.4 Å². The second kappa shape index (κ2) is 1.73. The Labute approximate surface area is 63.3 Å². The SMILES string of the molecule is [2H]c1c([2H])c([2H])c2c(c1[2H])C=CC2([2H])[2H]. The maximum Gasteiger partial charge on any atom is 0.0629 e. The van der Waals surface area contributed by atoms with Gasteiger partial charge in [0.25, 0.3) is 0 Å². The van der Waals surface area contributed by atoms with E-state index in [4.69, 9.17) is 8.22 Å². The van der Waals surface area contributed by atoms with Crippen molar-refractivity contribution in [3.05, 3.63) is 41.4 Å². The molecule has 0 heterocycles. The monoisotopic (exact) mass is 122 g/mol. The Balaban J connectivity index is 2.87. The minimum Gasteiger partial charge on any atom is -0.0795 e. The normalized spacial score (nSPS) is 28.9. The zero-order valence-corrected chi connectivity index (χ0v) is 4.65. The van der Waals surface area contributed by atoms with Crippen LogP contribution in [0.2, 0.25) is 0 Å². The van der Waals surface area contributed by atoms with E-state index < -0.39 is 6.37 Å². The van der Waals surface area contributed by atoms with Crippen molar-refractivity contribution in [2.75, 3.05) is 0 Å². The standard InChI is InChI=1S/C9H8/c1-2-5-9-7-3-6-8(9)4-1/h1-6H,7H2/i1D,2D,4D,5D,7D2. The predicted molar refractivity (Wildman–Crippen MR) is 39.2 cm³/mol. The van der Waals surface area contributed by atoms with Crippen molar-refractivity contribution in [3.63, 3.8) is 0 Å². The summed E-state index contributed by atoms with van der Waals surface area (Å²) in [5, 5.41) is 0. The van der Waals surface area contributed by atoms with Crippen molar-refractivity contribution in [1.82, 2.24) is 0 Å². The van der Waals surface area contributed by atoms with Gasteiger partial charge in [-0.2, -0.15) is 0 Å². The molecule has 1 aromatic carbocycles. The van der Waals surface area contributed by atoms with E-state index in [2.05, 4.69) is 0 Å². The van der Waals surface area contributed by atoms with Gasteiger partial charge in [0.15, 0.2) is 0 Å². The number of rotatable bonds is 0. The molecule has 0 atom stereocenters.